The van der Waals surface area contributed by atoms with E-state index < -0.39 is 14.9 Å². The number of hydrogen-bond donors (Lipinski definition) is 1. The Hall–Kier alpha value is -2.94. The third-order valence-corrected chi connectivity index (χ3v) is 4.41. The maximum Gasteiger partial charge on any atom is 0.276 e. The molecule has 0 amide bonds. The molecule has 0 atom stereocenters. The van der Waals surface area contributed by atoms with Gasteiger partial charge < -0.3 is 4.74 Å². The number of hydrazone groups is 1. The van der Waals surface area contributed by atoms with Crippen molar-refractivity contribution in [2.24, 2.45) is 5.10 Å². The highest BCUT2D eigenvalue weighted by atomic mass is 32.2. The summed E-state index contributed by atoms with van der Waals surface area (Å²) in [5.74, 6) is 0.666. The monoisotopic (exact) mass is 349 g/mol. The summed E-state index contributed by atoms with van der Waals surface area (Å²) in [6.07, 6.45) is 1.32. The molecule has 0 aliphatic heterocycles. The molecule has 1 N–H and O–H groups in total. The van der Waals surface area contributed by atoms with Gasteiger partial charge >= 0.3 is 0 Å². The summed E-state index contributed by atoms with van der Waals surface area (Å²) in [6.45, 7) is 1.53. The van der Waals surface area contributed by atoms with Crippen molar-refractivity contribution in [3.63, 3.8) is 0 Å². The number of methoxy groups -OCH3 is 1. The van der Waals surface area contributed by atoms with Crippen LogP contribution < -0.4 is 9.57 Å². The number of hydrogen-bond acceptors (Lipinski definition) is 6. The fraction of sp³-hybridized carbons (Fsp3) is 0.133. The van der Waals surface area contributed by atoms with Gasteiger partial charge in [-0.15, -0.1) is 0 Å². The molecule has 8 nitrogen and oxygen atoms in total. The van der Waals surface area contributed by atoms with Crippen molar-refractivity contribution in [1.29, 1.82) is 0 Å². The predicted molar refractivity (Wildman–Crippen MR) is 88.7 cm³/mol. The molecule has 0 unspecified atom stereocenters. The minimum Gasteiger partial charge on any atom is -0.497 e. The Morgan fingerprint density at radius 1 is 1.21 bits per heavy atom. The first-order valence-corrected chi connectivity index (χ1v) is 8.26. The van der Waals surface area contributed by atoms with Gasteiger partial charge in [0.2, 0.25) is 0 Å². The van der Waals surface area contributed by atoms with Crippen LogP contribution in [-0.4, -0.2) is 26.7 Å². The first-order valence-electron chi connectivity index (χ1n) is 6.77. The van der Waals surface area contributed by atoms with Crippen molar-refractivity contribution in [2.75, 3.05) is 7.11 Å². The van der Waals surface area contributed by atoms with E-state index in [1.54, 1.807) is 24.3 Å². The van der Waals surface area contributed by atoms with Crippen molar-refractivity contribution in [3.05, 3.63) is 63.7 Å². The first-order chi connectivity index (χ1) is 11.3. The number of nitrogens with one attached hydrogen (secondary N) is 1. The molecule has 2 rings (SSSR count). The second-order valence-corrected chi connectivity index (χ2v) is 6.49. The summed E-state index contributed by atoms with van der Waals surface area (Å²) in [5.41, 5.74) is 0.770. The van der Waals surface area contributed by atoms with Crippen LogP contribution in [0.5, 0.6) is 5.75 Å². The summed E-state index contributed by atoms with van der Waals surface area (Å²) >= 11 is 0. The standard InChI is InChI=1S/C15H15N3O5S/c1-11-3-8-14(9-15(11)18(19)20)24(21,22)17-16-10-12-4-6-13(23-2)7-5-12/h3-10,17H,1-2H3/b16-10-. The molecule has 0 saturated carbocycles. The summed E-state index contributed by atoms with van der Waals surface area (Å²) < 4.78 is 29.3. The Morgan fingerprint density at radius 3 is 2.46 bits per heavy atom. The van der Waals surface area contributed by atoms with Crippen molar-refractivity contribution >= 4 is 21.9 Å². The Kier molecular flexibility index (Phi) is 5.14. The van der Waals surface area contributed by atoms with Gasteiger partial charge in [0.15, 0.2) is 0 Å². The molecule has 0 bridgehead atoms. The molecule has 0 fully saturated rings. The van der Waals surface area contributed by atoms with Gasteiger partial charge in [-0.3, -0.25) is 10.1 Å². The van der Waals surface area contributed by atoms with E-state index in [-0.39, 0.29) is 10.6 Å². The fourth-order valence-electron chi connectivity index (χ4n) is 1.87. The second-order valence-electron chi connectivity index (χ2n) is 4.83. The normalized spacial score (nSPS) is 11.4. The van der Waals surface area contributed by atoms with Crippen LogP contribution in [0.4, 0.5) is 5.69 Å². The number of benzene rings is 2. The van der Waals surface area contributed by atoms with E-state index in [0.29, 0.717) is 16.9 Å². The molecular weight excluding hydrogens is 334 g/mol. The van der Waals surface area contributed by atoms with E-state index in [4.69, 9.17) is 4.74 Å². The van der Waals surface area contributed by atoms with E-state index in [1.165, 1.54) is 32.4 Å². The van der Waals surface area contributed by atoms with Crippen molar-refractivity contribution in [2.45, 2.75) is 11.8 Å². The Bertz CT molecular complexity index is 876. The zero-order chi connectivity index (χ0) is 17.7. The van der Waals surface area contributed by atoms with Crippen LogP contribution in [0.15, 0.2) is 52.5 Å². The maximum absolute atomic E-state index is 12.1. The van der Waals surface area contributed by atoms with Crippen molar-refractivity contribution in [3.8, 4) is 5.75 Å². The lowest BCUT2D eigenvalue weighted by atomic mass is 10.2. The largest absolute Gasteiger partial charge is 0.497 e. The summed E-state index contributed by atoms with van der Waals surface area (Å²) in [6, 6.07) is 10.5. The molecule has 0 saturated heterocycles. The van der Waals surface area contributed by atoms with Gasteiger partial charge in [0.25, 0.3) is 15.7 Å². The lowest BCUT2D eigenvalue weighted by Crippen LogP contribution is -2.18. The van der Waals surface area contributed by atoms with Crippen LogP contribution in [0.3, 0.4) is 0 Å². The Morgan fingerprint density at radius 2 is 1.88 bits per heavy atom. The van der Waals surface area contributed by atoms with Crippen molar-refractivity contribution in [1.82, 2.24) is 4.83 Å². The molecule has 24 heavy (non-hydrogen) atoms. The minimum absolute atomic E-state index is 0.230. The number of ether oxygens (including phenoxy) is 1. The van der Waals surface area contributed by atoms with Gasteiger partial charge in [-0.05, 0) is 42.8 Å². The Balaban J connectivity index is 2.17. The van der Waals surface area contributed by atoms with Crippen LogP contribution in [0.25, 0.3) is 0 Å². The number of rotatable bonds is 6. The van der Waals surface area contributed by atoms with Crippen molar-refractivity contribution < 1.29 is 18.1 Å². The Labute approximate surface area is 139 Å². The first kappa shape index (κ1) is 17.4. The number of aryl methyl sites for hydroxylation is 1. The molecule has 9 heteroatoms. The number of nitrogens with zero attached hydrogens (tertiary/aromatic N) is 2. The maximum atomic E-state index is 12.1. The molecule has 0 aromatic heterocycles. The van der Waals surface area contributed by atoms with Crippen LogP contribution in [0.1, 0.15) is 11.1 Å². The molecular formula is C15H15N3O5S. The van der Waals surface area contributed by atoms with E-state index in [9.17, 15) is 18.5 Å². The highest BCUT2D eigenvalue weighted by Crippen LogP contribution is 2.22. The van der Waals surface area contributed by atoms with Gasteiger partial charge in [-0.2, -0.15) is 13.5 Å². The van der Waals surface area contributed by atoms with Crippen LogP contribution in [0, 0.1) is 17.0 Å². The average molecular weight is 349 g/mol. The summed E-state index contributed by atoms with van der Waals surface area (Å²) in [5, 5.41) is 14.6. The van der Waals surface area contributed by atoms with Crippen LogP contribution in [0.2, 0.25) is 0 Å². The topological polar surface area (TPSA) is 111 Å². The van der Waals surface area contributed by atoms with Gasteiger partial charge in [0.05, 0.1) is 23.1 Å². The third-order valence-electron chi connectivity index (χ3n) is 3.19. The highest BCUT2D eigenvalue weighted by Gasteiger charge is 2.19. The fourth-order valence-corrected chi connectivity index (χ4v) is 2.68. The molecule has 0 radical (unpaired) electrons. The van der Waals surface area contributed by atoms with E-state index in [0.717, 1.165) is 6.07 Å². The quantitative estimate of drug-likeness (QED) is 0.488. The van der Waals surface area contributed by atoms with E-state index >= 15 is 0 Å². The van der Waals surface area contributed by atoms with E-state index in [1.807, 2.05) is 4.83 Å². The molecule has 2 aromatic rings. The number of nitro groups is 1. The minimum atomic E-state index is -3.99. The summed E-state index contributed by atoms with van der Waals surface area (Å²) in [7, 11) is -2.45. The molecule has 0 aliphatic rings. The molecule has 0 aliphatic carbocycles. The smallest absolute Gasteiger partial charge is 0.276 e. The lowest BCUT2D eigenvalue weighted by Gasteiger charge is -2.04. The zero-order valence-electron chi connectivity index (χ0n) is 13.0. The number of sulfonamides is 1. The molecule has 126 valence electrons. The SMILES string of the molecule is COc1ccc(/C=N\NS(=O)(=O)c2ccc(C)c([N+](=O)[O-])c2)cc1. The molecule has 0 spiro atoms. The van der Waals surface area contributed by atoms with Crippen LogP contribution >= 0.6 is 0 Å². The van der Waals surface area contributed by atoms with Gasteiger partial charge in [0.1, 0.15) is 5.75 Å². The van der Waals surface area contributed by atoms with Crippen LogP contribution in [-0.2, 0) is 10.0 Å². The lowest BCUT2D eigenvalue weighted by molar-refractivity contribution is -0.385. The van der Waals surface area contributed by atoms with Gasteiger partial charge in [-0.25, -0.2) is 4.83 Å². The zero-order valence-corrected chi connectivity index (χ0v) is 13.8. The predicted octanol–water partition coefficient (Wildman–Crippen LogP) is 2.22. The average Bonchev–Trinajstić information content (AvgIpc) is 2.55. The van der Waals surface area contributed by atoms with E-state index in [2.05, 4.69) is 5.10 Å². The molecule has 0 heterocycles. The van der Waals surface area contributed by atoms with Gasteiger partial charge in [-0.1, -0.05) is 6.07 Å². The number of nitro benzene ring substituents is 1. The highest BCUT2D eigenvalue weighted by molar-refractivity contribution is 7.89. The third kappa shape index (κ3) is 4.07. The summed E-state index contributed by atoms with van der Waals surface area (Å²) in [4.78, 5) is 12.1. The molecule has 2 aromatic carbocycles. The second kappa shape index (κ2) is 7.09. The van der Waals surface area contributed by atoms with Gasteiger partial charge in [0, 0.05) is 11.6 Å².